The standard InChI is InChI=1S/C14H17N5O/c1-11-3-2-4-12(9-11)17-14(20)18-8-5-13(10-18)19-15-6-7-16-19/h2-4,6-7,9,13H,5,8,10H2,1H3,(H,17,20). The lowest BCUT2D eigenvalue weighted by Gasteiger charge is -2.17. The zero-order chi connectivity index (χ0) is 13.9. The average molecular weight is 271 g/mol. The van der Waals surface area contributed by atoms with Crippen molar-refractivity contribution in [3.05, 3.63) is 42.2 Å². The molecule has 2 amide bonds. The number of aromatic nitrogens is 3. The van der Waals surface area contributed by atoms with Gasteiger partial charge in [-0.05, 0) is 31.0 Å². The summed E-state index contributed by atoms with van der Waals surface area (Å²) in [7, 11) is 0. The molecule has 1 aliphatic rings. The van der Waals surface area contributed by atoms with E-state index in [1.807, 2.05) is 31.2 Å². The highest BCUT2D eigenvalue weighted by molar-refractivity contribution is 5.89. The molecule has 0 radical (unpaired) electrons. The van der Waals surface area contributed by atoms with E-state index in [4.69, 9.17) is 0 Å². The van der Waals surface area contributed by atoms with Gasteiger partial charge in [-0.1, -0.05) is 12.1 Å². The summed E-state index contributed by atoms with van der Waals surface area (Å²) >= 11 is 0. The van der Waals surface area contributed by atoms with Crippen molar-refractivity contribution in [2.45, 2.75) is 19.4 Å². The van der Waals surface area contributed by atoms with Crippen LogP contribution in [0.4, 0.5) is 10.5 Å². The highest BCUT2D eigenvalue weighted by atomic mass is 16.2. The van der Waals surface area contributed by atoms with Gasteiger partial charge in [0.1, 0.15) is 0 Å². The summed E-state index contributed by atoms with van der Waals surface area (Å²) in [6, 6.07) is 7.91. The Labute approximate surface area is 117 Å². The third kappa shape index (κ3) is 2.64. The number of benzene rings is 1. The van der Waals surface area contributed by atoms with Gasteiger partial charge in [0.25, 0.3) is 0 Å². The molecule has 1 atom stereocenters. The van der Waals surface area contributed by atoms with Gasteiger partial charge >= 0.3 is 6.03 Å². The SMILES string of the molecule is Cc1cccc(NC(=O)N2CCC(n3nccn3)C2)c1. The van der Waals surface area contributed by atoms with E-state index in [0.29, 0.717) is 6.54 Å². The van der Waals surface area contributed by atoms with Crippen LogP contribution >= 0.6 is 0 Å². The summed E-state index contributed by atoms with van der Waals surface area (Å²) in [6.45, 7) is 3.38. The number of hydrogen-bond acceptors (Lipinski definition) is 3. The predicted octanol–water partition coefficient (Wildman–Crippen LogP) is 2.07. The smallest absolute Gasteiger partial charge is 0.321 e. The first kappa shape index (κ1) is 12.7. The molecule has 2 aromatic rings. The molecule has 1 saturated heterocycles. The molecule has 1 aromatic heterocycles. The highest BCUT2D eigenvalue weighted by Gasteiger charge is 2.28. The summed E-state index contributed by atoms with van der Waals surface area (Å²) in [5.41, 5.74) is 1.96. The maximum Gasteiger partial charge on any atom is 0.321 e. The van der Waals surface area contributed by atoms with E-state index in [0.717, 1.165) is 24.2 Å². The van der Waals surface area contributed by atoms with Crippen molar-refractivity contribution in [1.29, 1.82) is 0 Å². The molecule has 0 bridgehead atoms. The summed E-state index contributed by atoms with van der Waals surface area (Å²) in [6.07, 6.45) is 4.21. The largest absolute Gasteiger partial charge is 0.322 e. The molecule has 6 heteroatoms. The van der Waals surface area contributed by atoms with Crippen LogP contribution in [0.15, 0.2) is 36.7 Å². The Bertz CT molecular complexity index is 595. The van der Waals surface area contributed by atoms with Gasteiger partial charge in [-0.3, -0.25) is 0 Å². The van der Waals surface area contributed by atoms with Crippen molar-refractivity contribution in [3.8, 4) is 0 Å². The van der Waals surface area contributed by atoms with Crippen molar-refractivity contribution in [2.75, 3.05) is 18.4 Å². The van der Waals surface area contributed by atoms with Crippen LogP contribution in [0.1, 0.15) is 18.0 Å². The second-order valence-electron chi connectivity index (χ2n) is 5.04. The molecule has 2 heterocycles. The Morgan fingerprint density at radius 3 is 2.90 bits per heavy atom. The van der Waals surface area contributed by atoms with Gasteiger partial charge in [-0.15, -0.1) is 0 Å². The van der Waals surface area contributed by atoms with Crippen molar-refractivity contribution in [2.24, 2.45) is 0 Å². The summed E-state index contributed by atoms with van der Waals surface area (Å²) in [5, 5.41) is 11.2. The lowest BCUT2D eigenvalue weighted by atomic mass is 10.2. The maximum absolute atomic E-state index is 12.2. The molecule has 0 aliphatic carbocycles. The number of nitrogens with one attached hydrogen (secondary N) is 1. The number of anilines is 1. The minimum absolute atomic E-state index is 0.0646. The average Bonchev–Trinajstić information content (AvgIpc) is 3.10. The molecule has 1 N–H and O–H groups in total. The molecular weight excluding hydrogens is 254 g/mol. The maximum atomic E-state index is 12.2. The molecule has 0 saturated carbocycles. The first-order chi connectivity index (χ1) is 9.72. The highest BCUT2D eigenvalue weighted by Crippen LogP contribution is 2.20. The number of urea groups is 1. The molecule has 20 heavy (non-hydrogen) atoms. The van der Waals surface area contributed by atoms with E-state index in [-0.39, 0.29) is 12.1 Å². The van der Waals surface area contributed by atoms with E-state index in [2.05, 4.69) is 15.5 Å². The van der Waals surface area contributed by atoms with Gasteiger partial charge in [0.2, 0.25) is 0 Å². The van der Waals surface area contributed by atoms with E-state index < -0.39 is 0 Å². The van der Waals surface area contributed by atoms with Crippen molar-refractivity contribution in [1.82, 2.24) is 19.9 Å². The fraction of sp³-hybridized carbons (Fsp3) is 0.357. The van der Waals surface area contributed by atoms with Crippen molar-refractivity contribution in [3.63, 3.8) is 0 Å². The number of likely N-dealkylation sites (tertiary alicyclic amines) is 1. The molecule has 6 nitrogen and oxygen atoms in total. The third-order valence-corrected chi connectivity index (χ3v) is 3.48. The first-order valence-corrected chi connectivity index (χ1v) is 6.71. The van der Waals surface area contributed by atoms with E-state index in [1.54, 1.807) is 22.1 Å². The van der Waals surface area contributed by atoms with Crippen LogP contribution in [0.2, 0.25) is 0 Å². The number of aryl methyl sites for hydroxylation is 1. The minimum atomic E-state index is -0.0646. The predicted molar refractivity (Wildman–Crippen MR) is 75.4 cm³/mol. The van der Waals surface area contributed by atoms with Crippen molar-refractivity contribution >= 4 is 11.7 Å². The van der Waals surface area contributed by atoms with Crippen LogP contribution in [-0.2, 0) is 0 Å². The zero-order valence-corrected chi connectivity index (χ0v) is 11.4. The summed E-state index contributed by atoms with van der Waals surface area (Å²) < 4.78 is 0. The van der Waals surface area contributed by atoms with E-state index in [9.17, 15) is 4.79 Å². The van der Waals surface area contributed by atoms with E-state index in [1.165, 1.54) is 0 Å². The summed E-state index contributed by atoms with van der Waals surface area (Å²) in [5.74, 6) is 0. The van der Waals surface area contributed by atoms with Crippen LogP contribution in [0.3, 0.4) is 0 Å². The second-order valence-corrected chi connectivity index (χ2v) is 5.04. The Balaban J connectivity index is 1.61. The molecule has 3 rings (SSSR count). The van der Waals surface area contributed by atoms with Gasteiger partial charge in [0, 0.05) is 18.8 Å². The second kappa shape index (κ2) is 5.32. The lowest BCUT2D eigenvalue weighted by Crippen LogP contribution is -2.33. The van der Waals surface area contributed by atoms with Gasteiger partial charge in [-0.2, -0.15) is 15.0 Å². The monoisotopic (exact) mass is 271 g/mol. The normalized spacial score (nSPS) is 18.2. The zero-order valence-electron chi connectivity index (χ0n) is 11.4. The Morgan fingerprint density at radius 1 is 1.35 bits per heavy atom. The summed E-state index contributed by atoms with van der Waals surface area (Å²) in [4.78, 5) is 15.7. The first-order valence-electron chi connectivity index (χ1n) is 6.71. The van der Waals surface area contributed by atoms with Crippen LogP contribution in [0, 0.1) is 6.92 Å². The number of hydrogen-bond donors (Lipinski definition) is 1. The molecular formula is C14H17N5O. The number of carbonyl (C=O) groups excluding carboxylic acids is 1. The Morgan fingerprint density at radius 2 is 2.15 bits per heavy atom. The van der Waals surface area contributed by atoms with Crippen LogP contribution in [0.25, 0.3) is 0 Å². The molecule has 1 unspecified atom stereocenters. The number of amides is 2. The minimum Gasteiger partial charge on any atom is -0.322 e. The Hall–Kier alpha value is -2.37. The molecule has 0 spiro atoms. The van der Waals surface area contributed by atoms with Gasteiger partial charge in [-0.25, -0.2) is 4.79 Å². The number of rotatable bonds is 2. The quantitative estimate of drug-likeness (QED) is 0.909. The topological polar surface area (TPSA) is 63.1 Å². The number of nitrogens with zero attached hydrogens (tertiary/aromatic N) is 4. The fourth-order valence-electron chi connectivity index (χ4n) is 2.45. The lowest BCUT2D eigenvalue weighted by molar-refractivity contribution is 0.220. The molecule has 1 aromatic carbocycles. The molecule has 1 fully saturated rings. The number of carbonyl (C=O) groups is 1. The van der Waals surface area contributed by atoms with Gasteiger partial charge < -0.3 is 10.2 Å². The van der Waals surface area contributed by atoms with Crippen LogP contribution in [-0.4, -0.2) is 39.0 Å². The fourth-order valence-corrected chi connectivity index (χ4v) is 2.45. The third-order valence-electron chi connectivity index (χ3n) is 3.48. The van der Waals surface area contributed by atoms with Crippen molar-refractivity contribution < 1.29 is 4.79 Å². The molecule has 104 valence electrons. The molecule has 1 aliphatic heterocycles. The Kier molecular flexibility index (Phi) is 3.37. The van der Waals surface area contributed by atoms with Gasteiger partial charge in [0.05, 0.1) is 18.4 Å². The van der Waals surface area contributed by atoms with Crippen LogP contribution in [0.5, 0.6) is 0 Å². The van der Waals surface area contributed by atoms with Gasteiger partial charge in [0.15, 0.2) is 0 Å². The van der Waals surface area contributed by atoms with E-state index >= 15 is 0 Å². The van der Waals surface area contributed by atoms with Crippen LogP contribution < -0.4 is 5.32 Å².